The lowest BCUT2D eigenvalue weighted by Gasteiger charge is -2.22. The average Bonchev–Trinajstić information content (AvgIpc) is 2.61. The number of hydrogen-bond donors (Lipinski definition) is 3. The van der Waals surface area contributed by atoms with Crippen LogP contribution in [0.4, 0.5) is 5.69 Å². The van der Waals surface area contributed by atoms with Gasteiger partial charge in [0.05, 0.1) is 17.2 Å². The molecule has 3 N–H and O–H groups in total. The van der Waals surface area contributed by atoms with Crippen LogP contribution in [0.1, 0.15) is 36.0 Å². The maximum Gasteiger partial charge on any atom is 0.252 e. The van der Waals surface area contributed by atoms with Crippen molar-refractivity contribution in [2.45, 2.75) is 25.7 Å². The SMILES string of the molecule is COCCNC(=O)c1ccc(NC(=O)CCC2CCNCC2)cc1Cl. The van der Waals surface area contributed by atoms with Gasteiger partial charge in [0.1, 0.15) is 0 Å². The van der Waals surface area contributed by atoms with Crippen LogP contribution in [0.2, 0.25) is 5.02 Å². The molecule has 1 heterocycles. The van der Waals surface area contributed by atoms with Gasteiger partial charge in [-0.3, -0.25) is 9.59 Å². The number of nitrogens with one attached hydrogen (secondary N) is 3. The molecule has 0 bridgehead atoms. The molecule has 0 atom stereocenters. The molecule has 1 aromatic rings. The van der Waals surface area contributed by atoms with E-state index in [1.165, 1.54) is 0 Å². The molecule has 2 amide bonds. The van der Waals surface area contributed by atoms with E-state index in [9.17, 15) is 9.59 Å². The smallest absolute Gasteiger partial charge is 0.252 e. The van der Waals surface area contributed by atoms with Gasteiger partial charge in [-0.1, -0.05) is 11.6 Å². The van der Waals surface area contributed by atoms with Crippen molar-refractivity contribution in [3.8, 4) is 0 Å². The van der Waals surface area contributed by atoms with Crippen LogP contribution in [0.25, 0.3) is 0 Å². The number of methoxy groups -OCH3 is 1. The Bertz CT molecular complexity index is 589. The monoisotopic (exact) mass is 367 g/mol. The highest BCUT2D eigenvalue weighted by molar-refractivity contribution is 6.34. The molecule has 0 aliphatic carbocycles. The van der Waals surface area contributed by atoms with E-state index in [2.05, 4.69) is 16.0 Å². The Balaban J connectivity index is 1.82. The minimum Gasteiger partial charge on any atom is -0.383 e. The van der Waals surface area contributed by atoms with Gasteiger partial charge in [-0.2, -0.15) is 0 Å². The first-order chi connectivity index (χ1) is 12.1. The third-order valence-corrected chi connectivity index (χ3v) is 4.64. The lowest BCUT2D eigenvalue weighted by atomic mass is 9.93. The van der Waals surface area contributed by atoms with Crippen LogP contribution < -0.4 is 16.0 Å². The van der Waals surface area contributed by atoms with E-state index in [0.717, 1.165) is 32.4 Å². The third-order valence-electron chi connectivity index (χ3n) is 4.33. The summed E-state index contributed by atoms with van der Waals surface area (Å²) in [5, 5.41) is 9.20. The van der Waals surface area contributed by atoms with Crippen LogP contribution in [-0.4, -0.2) is 45.2 Å². The summed E-state index contributed by atoms with van der Waals surface area (Å²) >= 11 is 6.17. The van der Waals surface area contributed by atoms with E-state index in [1.54, 1.807) is 25.3 Å². The number of piperidine rings is 1. The van der Waals surface area contributed by atoms with Crippen LogP contribution in [-0.2, 0) is 9.53 Å². The Labute approximate surface area is 153 Å². The highest BCUT2D eigenvalue weighted by Crippen LogP contribution is 2.22. The van der Waals surface area contributed by atoms with Gasteiger partial charge in [-0.15, -0.1) is 0 Å². The van der Waals surface area contributed by atoms with E-state index in [1.807, 2.05) is 0 Å². The molecule has 0 radical (unpaired) electrons. The molecule has 0 aromatic heterocycles. The highest BCUT2D eigenvalue weighted by Gasteiger charge is 2.15. The second-order valence-electron chi connectivity index (χ2n) is 6.22. The Morgan fingerprint density at radius 2 is 2.08 bits per heavy atom. The van der Waals surface area contributed by atoms with Crippen molar-refractivity contribution < 1.29 is 14.3 Å². The number of rotatable bonds is 8. The Kier molecular flexibility index (Phi) is 8.18. The molecule has 25 heavy (non-hydrogen) atoms. The molecule has 1 aliphatic rings. The molecule has 138 valence electrons. The van der Waals surface area contributed by atoms with Gasteiger partial charge in [0.15, 0.2) is 0 Å². The number of halogens is 1. The molecule has 1 aliphatic heterocycles. The van der Waals surface area contributed by atoms with Crippen molar-refractivity contribution in [1.82, 2.24) is 10.6 Å². The van der Waals surface area contributed by atoms with Crippen molar-refractivity contribution in [1.29, 1.82) is 0 Å². The van der Waals surface area contributed by atoms with Crippen LogP contribution in [0.15, 0.2) is 18.2 Å². The minimum atomic E-state index is -0.258. The summed E-state index contributed by atoms with van der Waals surface area (Å²) in [4.78, 5) is 24.1. The Morgan fingerprint density at radius 3 is 2.76 bits per heavy atom. The van der Waals surface area contributed by atoms with Gasteiger partial charge in [-0.05, 0) is 56.5 Å². The lowest BCUT2D eigenvalue weighted by Crippen LogP contribution is -2.28. The van der Waals surface area contributed by atoms with Gasteiger partial charge in [-0.25, -0.2) is 0 Å². The third kappa shape index (κ3) is 6.65. The summed E-state index contributed by atoms with van der Waals surface area (Å²) < 4.78 is 4.89. The molecule has 7 heteroatoms. The quantitative estimate of drug-likeness (QED) is 0.616. The standard InChI is InChI=1S/C18H26ClN3O3/c1-25-11-10-21-18(24)15-4-3-14(12-16(15)19)22-17(23)5-2-13-6-8-20-9-7-13/h3-4,12-13,20H,2,5-11H2,1H3,(H,21,24)(H,22,23). The molecule has 0 unspecified atom stereocenters. The van der Waals surface area contributed by atoms with Gasteiger partial charge in [0.25, 0.3) is 5.91 Å². The zero-order valence-electron chi connectivity index (χ0n) is 14.6. The maximum absolute atomic E-state index is 12.1. The lowest BCUT2D eigenvalue weighted by molar-refractivity contribution is -0.116. The fourth-order valence-corrected chi connectivity index (χ4v) is 3.13. The van der Waals surface area contributed by atoms with E-state index < -0.39 is 0 Å². The predicted molar refractivity (Wildman–Crippen MR) is 99.1 cm³/mol. The first-order valence-corrected chi connectivity index (χ1v) is 9.05. The van der Waals surface area contributed by atoms with Crippen LogP contribution in [0, 0.1) is 5.92 Å². The molecular formula is C18H26ClN3O3. The van der Waals surface area contributed by atoms with Gasteiger partial charge in [0, 0.05) is 25.8 Å². The number of anilines is 1. The van der Waals surface area contributed by atoms with Gasteiger partial charge >= 0.3 is 0 Å². The van der Waals surface area contributed by atoms with Crippen molar-refractivity contribution in [2.24, 2.45) is 5.92 Å². The fourth-order valence-electron chi connectivity index (χ4n) is 2.87. The molecular weight excluding hydrogens is 342 g/mol. The largest absolute Gasteiger partial charge is 0.383 e. The van der Waals surface area contributed by atoms with Crippen molar-refractivity contribution in [3.05, 3.63) is 28.8 Å². The summed E-state index contributed by atoms with van der Waals surface area (Å²) in [6.45, 7) is 2.93. The molecule has 0 spiro atoms. The zero-order chi connectivity index (χ0) is 18.1. The van der Waals surface area contributed by atoms with E-state index in [4.69, 9.17) is 16.3 Å². The van der Waals surface area contributed by atoms with Crippen molar-refractivity contribution >= 4 is 29.1 Å². The molecule has 1 fully saturated rings. The molecule has 2 rings (SSSR count). The number of ether oxygens (including phenoxy) is 1. The second-order valence-corrected chi connectivity index (χ2v) is 6.63. The van der Waals surface area contributed by atoms with Crippen LogP contribution in [0.5, 0.6) is 0 Å². The Hall–Kier alpha value is -1.63. The summed E-state index contributed by atoms with van der Waals surface area (Å²) in [5.74, 6) is 0.339. The average molecular weight is 368 g/mol. The molecule has 6 nitrogen and oxygen atoms in total. The molecule has 1 aromatic carbocycles. The molecule has 1 saturated heterocycles. The van der Waals surface area contributed by atoms with Gasteiger partial charge in [0.2, 0.25) is 5.91 Å². The maximum atomic E-state index is 12.1. The molecule has 0 saturated carbocycles. The first kappa shape index (κ1) is 19.7. The van der Waals surface area contributed by atoms with E-state index >= 15 is 0 Å². The van der Waals surface area contributed by atoms with E-state index in [0.29, 0.717) is 41.8 Å². The van der Waals surface area contributed by atoms with Crippen LogP contribution in [0.3, 0.4) is 0 Å². The normalized spacial score (nSPS) is 15.0. The summed E-state index contributed by atoms with van der Waals surface area (Å²) in [6, 6.07) is 4.92. The van der Waals surface area contributed by atoms with Crippen molar-refractivity contribution in [3.63, 3.8) is 0 Å². The highest BCUT2D eigenvalue weighted by atomic mass is 35.5. The fraction of sp³-hybridized carbons (Fsp3) is 0.556. The first-order valence-electron chi connectivity index (χ1n) is 8.67. The topological polar surface area (TPSA) is 79.5 Å². The summed E-state index contributed by atoms with van der Waals surface area (Å²) in [6.07, 6.45) is 3.67. The summed E-state index contributed by atoms with van der Waals surface area (Å²) in [7, 11) is 1.57. The number of carbonyl (C=O) groups excluding carboxylic acids is 2. The number of benzene rings is 1. The minimum absolute atomic E-state index is 0.0214. The number of amides is 2. The van der Waals surface area contributed by atoms with E-state index in [-0.39, 0.29) is 11.8 Å². The van der Waals surface area contributed by atoms with Crippen molar-refractivity contribution in [2.75, 3.05) is 38.7 Å². The van der Waals surface area contributed by atoms with Crippen LogP contribution >= 0.6 is 11.6 Å². The van der Waals surface area contributed by atoms with Gasteiger partial charge < -0.3 is 20.7 Å². The number of carbonyl (C=O) groups is 2. The number of hydrogen-bond acceptors (Lipinski definition) is 4. The summed E-state index contributed by atoms with van der Waals surface area (Å²) in [5.41, 5.74) is 0.985. The predicted octanol–water partition coefficient (Wildman–Crippen LogP) is 2.43. The Morgan fingerprint density at radius 1 is 1.32 bits per heavy atom. The zero-order valence-corrected chi connectivity index (χ0v) is 15.3. The second kappa shape index (κ2) is 10.4.